The summed E-state index contributed by atoms with van der Waals surface area (Å²) in [7, 11) is 3.33. The second-order valence-corrected chi connectivity index (χ2v) is 8.51. The number of aryl methyl sites for hydroxylation is 3. The normalized spacial score (nSPS) is 21.3. The van der Waals surface area contributed by atoms with Crippen molar-refractivity contribution in [2.24, 2.45) is 0 Å². The zero-order valence-corrected chi connectivity index (χ0v) is 16.8. The first-order chi connectivity index (χ1) is 13.4. The van der Waals surface area contributed by atoms with Crippen molar-refractivity contribution in [1.29, 1.82) is 0 Å². The molecule has 1 aromatic heterocycles. The van der Waals surface area contributed by atoms with E-state index >= 15 is 0 Å². The van der Waals surface area contributed by atoms with Gasteiger partial charge in [0, 0.05) is 32.6 Å². The maximum atomic E-state index is 12.7. The van der Waals surface area contributed by atoms with Gasteiger partial charge in [-0.3, -0.25) is 9.69 Å². The van der Waals surface area contributed by atoms with Gasteiger partial charge in [0.05, 0.1) is 5.52 Å². The van der Waals surface area contributed by atoms with Crippen LogP contribution in [-0.4, -0.2) is 59.4 Å². The van der Waals surface area contributed by atoms with E-state index in [0.717, 1.165) is 30.8 Å². The molecule has 2 saturated heterocycles. The highest BCUT2D eigenvalue weighted by Gasteiger charge is 2.55. The van der Waals surface area contributed by atoms with Gasteiger partial charge in [-0.2, -0.15) is 0 Å². The SMILES string of the molecule is Cc1cc(N2CCC3(CC2)C(=O)N(C)C(=O)N3C)nc2cc3c(cc12)CCC3. The molecule has 146 valence electrons. The van der Waals surface area contributed by atoms with Gasteiger partial charge in [-0.1, -0.05) is 0 Å². The number of urea groups is 1. The molecular weight excluding hydrogens is 352 g/mol. The number of carbonyl (C=O) groups excluding carboxylic acids is 2. The molecule has 5 rings (SSSR count). The molecule has 0 unspecified atom stereocenters. The Labute approximate surface area is 165 Å². The molecule has 2 aliphatic heterocycles. The Morgan fingerprint density at radius 3 is 2.32 bits per heavy atom. The molecule has 1 aliphatic carbocycles. The number of aromatic nitrogens is 1. The van der Waals surface area contributed by atoms with Crippen molar-refractivity contribution in [3.63, 3.8) is 0 Å². The van der Waals surface area contributed by atoms with Crippen LogP contribution in [0.5, 0.6) is 0 Å². The van der Waals surface area contributed by atoms with Crippen LogP contribution < -0.4 is 4.90 Å². The summed E-state index contributed by atoms with van der Waals surface area (Å²) >= 11 is 0. The predicted octanol–water partition coefficient (Wildman–Crippen LogP) is 2.89. The average Bonchev–Trinajstić information content (AvgIpc) is 3.22. The van der Waals surface area contributed by atoms with Crippen LogP contribution in [0.1, 0.15) is 36.0 Å². The number of benzene rings is 1. The Hall–Kier alpha value is -2.63. The lowest BCUT2D eigenvalue weighted by atomic mass is 9.86. The minimum atomic E-state index is -0.685. The van der Waals surface area contributed by atoms with E-state index in [1.807, 2.05) is 0 Å². The largest absolute Gasteiger partial charge is 0.356 e. The number of amides is 3. The van der Waals surface area contributed by atoms with E-state index < -0.39 is 5.54 Å². The molecule has 0 bridgehead atoms. The molecule has 28 heavy (non-hydrogen) atoms. The third kappa shape index (κ3) is 2.30. The van der Waals surface area contributed by atoms with Crippen LogP contribution in [0, 0.1) is 6.92 Å². The lowest BCUT2D eigenvalue weighted by Gasteiger charge is -2.41. The van der Waals surface area contributed by atoms with Gasteiger partial charge >= 0.3 is 6.03 Å². The molecule has 2 aromatic rings. The minimum Gasteiger partial charge on any atom is -0.356 e. The van der Waals surface area contributed by atoms with Crippen molar-refractivity contribution in [3.8, 4) is 0 Å². The van der Waals surface area contributed by atoms with Gasteiger partial charge in [-0.05, 0) is 73.9 Å². The number of pyridine rings is 1. The number of fused-ring (bicyclic) bond motifs is 2. The third-order valence-electron chi connectivity index (χ3n) is 7.05. The number of nitrogens with zero attached hydrogens (tertiary/aromatic N) is 4. The van der Waals surface area contributed by atoms with Crippen molar-refractivity contribution >= 4 is 28.7 Å². The topological polar surface area (TPSA) is 56.8 Å². The number of imide groups is 1. The Kier molecular flexibility index (Phi) is 3.70. The van der Waals surface area contributed by atoms with Crippen molar-refractivity contribution in [2.45, 2.75) is 44.6 Å². The van der Waals surface area contributed by atoms with E-state index in [4.69, 9.17) is 4.98 Å². The van der Waals surface area contributed by atoms with E-state index in [9.17, 15) is 9.59 Å². The molecular formula is C22H26N4O2. The second kappa shape index (κ2) is 5.93. The van der Waals surface area contributed by atoms with Crippen molar-refractivity contribution < 1.29 is 9.59 Å². The maximum Gasteiger partial charge on any atom is 0.327 e. The summed E-state index contributed by atoms with van der Waals surface area (Å²) < 4.78 is 0. The molecule has 6 heteroatoms. The summed E-state index contributed by atoms with van der Waals surface area (Å²) in [5, 5.41) is 1.25. The Morgan fingerprint density at radius 1 is 1.00 bits per heavy atom. The highest BCUT2D eigenvalue weighted by atomic mass is 16.2. The predicted molar refractivity (Wildman–Crippen MR) is 109 cm³/mol. The Bertz CT molecular complexity index is 1010. The van der Waals surface area contributed by atoms with E-state index in [1.165, 1.54) is 39.8 Å². The number of hydrogen-bond donors (Lipinski definition) is 0. The molecule has 6 nitrogen and oxygen atoms in total. The second-order valence-electron chi connectivity index (χ2n) is 8.51. The monoisotopic (exact) mass is 378 g/mol. The first kappa shape index (κ1) is 17.5. The first-order valence-electron chi connectivity index (χ1n) is 10.1. The smallest absolute Gasteiger partial charge is 0.327 e. The van der Waals surface area contributed by atoms with Gasteiger partial charge < -0.3 is 9.80 Å². The van der Waals surface area contributed by atoms with Crippen LogP contribution >= 0.6 is 0 Å². The fraction of sp³-hybridized carbons (Fsp3) is 0.500. The molecule has 3 heterocycles. The number of anilines is 1. The summed E-state index contributed by atoms with van der Waals surface area (Å²) in [6.45, 7) is 3.60. The lowest BCUT2D eigenvalue weighted by Crippen LogP contribution is -2.55. The Morgan fingerprint density at radius 2 is 1.68 bits per heavy atom. The van der Waals surface area contributed by atoms with Crippen LogP contribution in [0.2, 0.25) is 0 Å². The van der Waals surface area contributed by atoms with E-state index in [2.05, 4.69) is 30.0 Å². The van der Waals surface area contributed by atoms with Gasteiger partial charge in [0.25, 0.3) is 5.91 Å². The standard InChI is InChI=1S/C22H26N4O2/c1-14-11-19(23-18-13-16-6-4-5-15(16)12-17(14)18)26-9-7-22(8-10-26)20(27)24(2)21(28)25(22)3/h11-13H,4-10H2,1-3H3. The maximum absolute atomic E-state index is 12.7. The van der Waals surface area contributed by atoms with Crippen LogP contribution in [0.3, 0.4) is 0 Å². The molecule has 0 N–H and O–H groups in total. The number of likely N-dealkylation sites (N-methyl/N-ethyl adjacent to an activating group) is 2. The highest BCUT2D eigenvalue weighted by molar-refractivity contribution is 6.06. The first-order valence-corrected chi connectivity index (χ1v) is 10.1. The van der Waals surface area contributed by atoms with Gasteiger partial charge in [0.15, 0.2) is 0 Å². The van der Waals surface area contributed by atoms with Crippen molar-refractivity contribution in [2.75, 3.05) is 32.1 Å². The van der Waals surface area contributed by atoms with E-state index in [0.29, 0.717) is 12.8 Å². The Balaban J connectivity index is 1.44. The van der Waals surface area contributed by atoms with Crippen molar-refractivity contribution in [1.82, 2.24) is 14.8 Å². The highest BCUT2D eigenvalue weighted by Crippen LogP contribution is 2.37. The fourth-order valence-electron chi connectivity index (χ4n) is 5.21. The number of carbonyl (C=O) groups is 2. The summed E-state index contributed by atoms with van der Waals surface area (Å²) in [6, 6.07) is 6.55. The van der Waals surface area contributed by atoms with Gasteiger partial charge in [0.2, 0.25) is 0 Å². The molecule has 0 radical (unpaired) electrons. The number of rotatable bonds is 1. The van der Waals surface area contributed by atoms with Crippen LogP contribution in [0.4, 0.5) is 10.6 Å². The summed E-state index contributed by atoms with van der Waals surface area (Å²) in [5.74, 6) is 0.906. The molecule has 0 atom stereocenters. The fourth-order valence-corrected chi connectivity index (χ4v) is 5.21. The van der Waals surface area contributed by atoms with Gasteiger partial charge in [-0.25, -0.2) is 9.78 Å². The van der Waals surface area contributed by atoms with E-state index in [-0.39, 0.29) is 11.9 Å². The molecule has 3 aliphatic rings. The summed E-state index contributed by atoms with van der Waals surface area (Å²) in [5.41, 5.74) is 4.55. The average molecular weight is 378 g/mol. The molecule has 1 spiro atoms. The van der Waals surface area contributed by atoms with Crippen LogP contribution in [0.15, 0.2) is 18.2 Å². The third-order valence-corrected chi connectivity index (χ3v) is 7.05. The van der Waals surface area contributed by atoms with Gasteiger partial charge in [-0.15, -0.1) is 0 Å². The van der Waals surface area contributed by atoms with Gasteiger partial charge in [0.1, 0.15) is 11.4 Å². The van der Waals surface area contributed by atoms with Crippen molar-refractivity contribution in [3.05, 3.63) is 34.9 Å². The van der Waals surface area contributed by atoms with E-state index in [1.54, 1.807) is 19.0 Å². The molecule has 0 saturated carbocycles. The summed E-state index contributed by atoms with van der Waals surface area (Å²) in [4.78, 5) is 35.1. The number of hydrogen-bond acceptors (Lipinski definition) is 4. The number of piperidine rings is 1. The zero-order chi connectivity index (χ0) is 19.6. The quantitative estimate of drug-likeness (QED) is 0.716. The molecule has 3 amide bonds. The minimum absolute atomic E-state index is 0.0714. The lowest BCUT2D eigenvalue weighted by molar-refractivity contribution is -0.133. The zero-order valence-electron chi connectivity index (χ0n) is 16.8. The molecule has 2 fully saturated rings. The van der Waals surface area contributed by atoms with Crippen LogP contribution in [-0.2, 0) is 17.6 Å². The van der Waals surface area contributed by atoms with Crippen LogP contribution in [0.25, 0.3) is 10.9 Å². The molecule has 1 aromatic carbocycles. The summed E-state index contributed by atoms with van der Waals surface area (Å²) in [6.07, 6.45) is 4.84.